The topological polar surface area (TPSA) is 111 Å². The molecule has 0 spiro atoms. The molecule has 0 atom stereocenters. The third-order valence-corrected chi connectivity index (χ3v) is 6.39. The van der Waals surface area contributed by atoms with Crippen LogP contribution in [0.3, 0.4) is 0 Å². The van der Waals surface area contributed by atoms with E-state index in [2.05, 4.69) is 44.5 Å². The summed E-state index contributed by atoms with van der Waals surface area (Å²) >= 11 is 0. The van der Waals surface area contributed by atoms with Crippen LogP contribution in [0.25, 0.3) is 22.1 Å². The summed E-state index contributed by atoms with van der Waals surface area (Å²) in [5, 5.41) is 4.31. The molecule has 0 aliphatic carbocycles. The number of nitrogens with one attached hydrogen (secondary N) is 3. The molecule has 2 aromatic carbocycles. The zero-order valence-corrected chi connectivity index (χ0v) is 18.7. The molecule has 3 heterocycles. The molecular weight excluding hydrogens is 432 g/mol. The van der Waals surface area contributed by atoms with Gasteiger partial charge in [0.25, 0.3) is 5.56 Å². The predicted molar refractivity (Wildman–Crippen MR) is 133 cm³/mol. The number of benzene rings is 2. The van der Waals surface area contributed by atoms with E-state index in [0.29, 0.717) is 22.6 Å². The molecule has 2 aromatic heterocycles. The van der Waals surface area contributed by atoms with E-state index < -0.39 is 16.9 Å². The van der Waals surface area contributed by atoms with Gasteiger partial charge in [0.05, 0.1) is 5.56 Å². The fraction of sp³-hybridized carbons (Fsp3) is 0.269. The summed E-state index contributed by atoms with van der Waals surface area (Å²) in [6, 6.07) is 17.9. The van der Waals surface area contributed by atoms with Crippen molar-refractivity contribution in [3.05, 3.63) is 97.6 Å². The Kier molecular flexibility index (Phi) is 6.14. The minimum atomic E-state index is -0.596. The second kappa shape index (κ2) is 9.52. The van der Waals surface area contributed by atoms with Crippen molar-refractivity contribution >= 4 is 16.7 Å². The lowest BCUT2D eigenvalue weighted by Crippen LogP contribution is -2.43. The minimum absolute atomic E-state index is 0.215. The van der Waals surface area contributed by atoms with Gasteiger partial charge in [0, 0.05) is 54.1 Å². The summed E-state index contributed by atoms with van der Waals surface area (Å²) in [5.41, 5.74) is 1.67. The Morgan fingerprint density at radius 2 is 1.76 bits per heavy atom. The predicted octanol–water partition coefficient (Wildman–Crippen LogP) is 2.64. The Morgan fingerprint density at radius 3 is 2.53 bits per heavy atom. The largest absolute Gasteiger partial charge is 0.423 e. The molecule has 3 N–H and O–H groups in total. The lowest BCUT2D eigenvalue weighted by Gasteiger charge is -2.34. The van der Waals surface area contributed by atoms with E-state index in [4.69, 9.17) is 4.42 Å². The third-order valence-electron chi connectivity index (χ3n) is 6.39. The van der Waals surface area contributed by atoms with E-state index in [-0.39, 0.29) is 5.56 Å². The Morgan fingerprint density at radius 1 is 0.971 bits per heavy atom. The minimum Gasteiger partial charge on any atom is -0.423 e. The molecule has 1 aliphatic rings. The lowest BCUT2D eigenvalue weighted by atomic mass is 10.0. The molecule has 8 heteroatoms. The monoisotopic (exact) mass is 458 g/mol. The van der Waals surface area contributed by atoms with Crippen LogP contribution in [0.4, 0.5) is 5.69 Å². The molecule has 0 radical (unpaired) electrons. The summed E-state index contributed by atoms with van der Waals surface area (Å²) in [4.78, 5) is 42.8. The van der Waals surface area contributed by atoms with Crippen LogP contribution >= 0.6 is 0 Å². The number of aromatic amines is 2. The van der Waals surface area contributed by atoms with Crippen molar-refractivity contribution in [1.82, 2.24) is 15.3 Å². The van der Waals surface area contributed by atoms with Crippen LogP contribution in [-0.4, -0.2) is 35.6 Å². The maximum Gasteiger partial charge on any atom is 0.336 e. The van der Waals surface area contributed by atoms with Gasteiger partial charge in [-0.2, -0.15) is 0 Å². The Bertz CT molecular complexity index is 1460. The summed E-state index contributed by atoms with van der Waals surface area (Å²) in [6.07, 6.45) is 4.40. The van der Waals surface area contributed by atoms with Gasteiger partial charge < -0.3 is 19.6 Å². The normalized spacial score (nSPS) is 14.5. The SMILES string of the molecule is O=c1[nH]cc(-c2cc(=O)oc3cc(N4CCC(NCCc5ccccc5)CC4)ccc23)c(=O)[nH]1. The van der Waals surface area contributed by atoms with Crippen LogP contribution in [0.2, 0.25) is 0 Å². The molecule has 4 aromatic rings. The average Bonchev–Trinajstić information content (AvgIpc) is 2.84. The van der Waals surface area contributed by atoms with Crippen LogP contribution in [0.5, 0.6) is 0 Å². The third kappa shape index (κ3) is 4.72. The molecule has 8 nitrogen and oxygen atoms in total. The second-order valence-electron chi connectivity index (χ2n) is 8.60. The van der Waals surface area contributed by atoms with Crippen molar-refractivity contribution in [1.29, 1.82) is 0 Å². The molecular formula is C26H26N4O4. The first kappa shape index (κ1) is 21.9. The molecule has 1 aliphatic heterocycles. The average molecular weight is 459 g/mol. The number of piperidine rings is 1. The van der Waals surface area contributed by atoms with E-state index >= 15 is 0 Å². The first-order chi connectivity index (χ1) is 16.6. The number of anilines is 1. The van der Waals surface area contributed by atoms with E-state index in [1.54, 1.807) is 0 Å². The first-order valence-corrected chi connectivity index (χ1v) is 11.5. The quantitative estimate of drug-likeness (QED) is 0.383. The molecule has 0 bridgehead atoms. The van der Waals surface area contributed by atoms with Crippen LogP contribution in [-0.2, 0) is 6.42 Å². The van der Waals surface area contributed by atoms with Gasteiger partial charge in [-0.1, -0.05) is 30.3 Å². The zero-order valence-electron chi connectivity index (χ0n) is 18.7. The van der Waals surface area contributed by atoms with Crippen molar-refractivity contribution in [2.45, 2.75) is 25.3 Å². The number of H-pyrrole nitrogens is 2. The van der Waals surface area contributed by atoms with Gasteiger partial charge in [-0.15, -0.1) is 0 Å². The highest BCUT2D eigenvalue weighted by Crippen LogP contribution is 2.29. The number of rotatable bonds is 6. The molecule has 174 valence electrons. The molecule has 0 unspecified atom stereocenters. The standard InChI is InChI=1S/C26H26N4O4/c31-24-15-21(22-16-28-26(33)29-25(22)32)20-7-6-19(14-23(20)34-24)30-12-9-18(10-13-30)27-11-8-17-4-2-1-3-5-17/h1-7,14-16,18,27H,8-13H2,(H2,28,29,32,33). The van der Waals surface area contributed by atoms with Crippen LogP contribution < -0.4 is 27.1 Å². The van der Waals surface area contributed by atoms with E-state index in [9.17, 15) is 14.4 Å². The van der Waals surface area contributed by atoms with Gasteiger partial charge in [-0.05, 0) is 43.5 Å². The molecule has 1 saturated heterocycles. The maximum absolute atomic E-state index is 12.3. The van der Waals surface area contributed by atoms with Crippen molar-refractivity contribution < 1.29 is 4.42 Å². The first-order valence-electron chi connectivity index (χ1n) is 11.5. The highest BCUT2D eigenvalue weighted by Gasteiger charge is 2.20. The molecule has 0 saturated carbocycles. The number of fused-ring (bicyclic) bond motifs is 1. The fourth-order valence-electron chi connectivity index (χ4n) is 4.59. The van der Waals surface area contributed by atoms with E-state index in [0.717, 1.165) is 44.6 Å². The van der Waals surface area contributed by atoms with Gasteiger partial charge in [-0.3, -0.25) is 9.78 Å². The van der Waals surface area contributed by atoms with E-state index in [1.807, 2.05) is 24.3 Å². The van der Waals surface area contributed by atoms with Gasteiger partial charge in [0.2, 0.25) is 0 Å². The summed E-state index contributed by atoms with van der Waals surface area (Å²) in [7, 11) is 0. The van der Waals surface area contributed by atoms with E-state index in [1.165, 1.54) is 17.8 Å². The Balaban J connectivity index is 1.29. The number of aromatic nitrogens is 2. The summed E-state index contributed by atoms with van der Waals surface area (Å²) in [6.45, 7) is 2.76. The molecule has 5 rings (SSSR count). The van der Waals surface area contributed by atoms with Crippen LogP contribution in [0.15, 0.2) is 79.6 Å². The van der Waals surface area contributed by atoms with Crippen LogP contribution in [0.1, 0.15) is 18.4 Å². The van der Waals surface area contributed by atoms with Crippen LogP contribution in [0, 0.1) is 0 Å². The zero-order chi connectivity index (χ0) is 23.5. The highest BCUT2D eigenvalue weighted by atomic mass is 16.4. The smallest absolute Gasteiger partial charge is 0.336 e. The number of hydrogen-bond donors (Lipinski definition) is 3. The van der Waals surface area contributed by atoms with Crippen molar-refractivity contribution in [3.8, 4) is 11.1 Å². The van der Waals surface area contributed by atoms with Crippen molar-refractivity contribution in [2.75, 3.05) is 24.5 Å². The second-order valence-corrected chi connectivity index (χ2v) is 8.60. The number of nitrogens with zero attached hydrogens (tertiary/aromatic N) is 1. The molecule has 0 amide bonds. The lowest BCUT2D eigenvalue weighted by molar-refractivity contribution is 0.417. The van der Waals surface area contributed by atoms with Gasteiger partial charge >= 0.3 is 11.3 Å². The maximum atomic E-state index is 12.3. The number of hydrogen-bond acceptors (Lipinski definition) is 6. The summed E-state index contributed by atoms with van der Waals surface area (Å²) < 4.78 is 5.46. The fourth-order valence-corrected chi connectivity index (χ4v) is 4.59. The summed E-state index contributed by atoms with van der Waals surface area (Å²) in [5.74, 6) is 0. The van der Waals surface area contributed by atoms with Crippen molar-refractivity contribution in [3.63, 3.8) is 0 Å². The Hall–Kier alpha value is -3.91. The van der Waals surface area contributed by atoms with Gasteiger partial charge in [0.15, 0.2) is 0 Å². The van der Waals surface area contributed by atoms with Gasteiger partial charge in [-0.25, -0.2) is 9.59 Å². The Labute approximate surface area is 195 Å². The highest BCUT2D eigenvalue weighted by molar-refractivity contribution is 5.94. The van der Waals surface area contributed by atoms with Gasteiger partial charge in [0.1, 0.15) is 5.58 Å². The van der Waals surface area contributed by atoms with Crippen molar-refractivity contribution in [2.24, 2.45) is 0 Å². The molecule has 34 heavy (non-hydrogen) atoms. The molecule has 1 fully saturated rings.